The molecule has 0 heterocycles. The minimum absolute atomic E-state index is 0.204. The molecular weight excluding hydrogens is 294 g/mol. The molecule has 0 saturated carbocycles. The van der Waals surface area contributed by atoms with Crippen LogP contribution in [0.1, 0.15) is 12.0 Å². The van der Waals surface area contributed by atoms with Gasteiger partial charge in [-0.2, -0.15) is 0 Å². The van der Waals surface area contributed by atoms with Crippen LogP contribution in [0.15, 0.2) is 23.2 Å². The Balaban J connectivity index is 2.57. The molecule has 0 radical (unpaired) electrons. The summed E-state index contributed by atoms with van der Waals surface area (Å²) in [5.74, 6) is 4.48. The van der Waals surface area contributed by atoms with E-state index in [4.69, 9.17) is 20.6 Å². The molecule has 0 spiro atoms. The molecule has 0 aliphatic carbocycles. The molecule has 0 bridgehead atoms. The zero-order valence-electron chi connectivity index (χ0n) is 14.0. The van der Waals surface area contributed by atoms with E-state index in [1.54, 1.807) is 21.3 Å². The van der Waals surface area contributed by atoms with E-state index in [0.29, 0.717) is 18.0 Å². The summed E-state index contributed by atoms with van der Waals surface area (Å²) in [6.45, 7) is 2.33. The number of ether oxygens (including phenoxy) is 3. The predicted molar refractivity (Wildman–Crippen MR) is 92.0 cm³/mol. The Bertz CT molecular complexity index is 538. The molecular formula is C17H25N3O3. The number of hydrogen-bond donors (Lipinski definition) is 2. The molecule has 0 aliphatic rings. The van der Waals surface area contributed by atoms with Gasteiger partial charge in [-0.05, 0) is 24.1 Å². The molecule has 0 fully saturated rings. The van der Waals surface area contributed by atoms with Gasteiger partial charge in [-0.15, -0.1) is 6.42 Å². The largest absolute Gasteiger partial charge is 0.493 e. The molecule has 6 nitrogen and oxygen atoms in total. The smallest absolute Gasteiger partial charge is 0.191 e. The minimum atomic E-state index is 0.204. The fourth-order valence-electron chi connectivity index (χ4n) is 1.89. The van der Waals surface area contributed by atoms with Gasteiger partial charge in [0.1, 0.15) is 6.61 Å². The van der Waals surface area contributed by atoms with E-state index in [2.05, 4.69) is 21.5 Å². The van der Waals surface area contributed by atoms with Gasteiger partial charge in [0.2, 0.25) is 0 Å². The van der Waals surface area contributed by atoms with E-state index < -0.39 is 0 Å². The molecule has 0 aliphatic heterocycles. The molecule has 0 aromatic heterocycles. The Hall–Kier alpha value is -2.39. The molecule has 126 valence electrons. The van der Waals surface area contributed by atoms with Crippen LogP contribution in [0.3, 0.4) is 0 Å². The Morgan fingerprint density at radius 1 is 1.26 bits per heavy atom. The fourth-order valence-corrected chi connectivity index (χ4v) is 1.89. The van der Waals surface area contributed by atoms with Gasteiger partial charge in [-0.25, -0.2) is 0 Å². The Morgan fingerprint density at radius 2 is 2.09 bits per heavy atom. The zero-order chi connectivity index (χ0) is 16.9. The van der Waals surface area contributed by atoms with Gasteiger partial charge >= 0.3 is 0 Å². The molecule has 1 aromatic rings. The zero-order valence-corrected chi connectivity index (χ0v) is 14.0. The predicted octanol–water partition coefficient (Wildman–Crippen LogP) is 1.41. The minimum Gasteiger partial charge on any atom is -0.493 e. The van der Waals surface area contributed by atoms with Crippen molar-refractivity contribution in [3.8, 4) is 23.8 Å². The van der Waals surface area contributed by atoms with Crippen molar-refractivity contribution in [2.24, 2.45) is 4.99 Å². The first-order valence-corrected chi connectivity index (χ1v) is 7.41. The molecule has 0 amide bonds. The average Bonchev–Trinajstić information content (AvgIpc) is 2.59. The number of nitrogens with one attached hydrogen (secondary N) is 2. The summed E-state index contributed by atoms with van der Waals surface area (Å²) < 4.78 is 15.8. The van der Waals surface area contributed by atoms with Crippen LogP contribution < -0.4 is 20.1 Å². The van der Waals surface area contributed by atoms with Crippen LogP contribution in [0.2, 0.25) is 0 Å². The summed E-state index contributed by atoms with van der Waals surface area (Å²) in [4.78, 5) is 4.18. The molecule has 0 saturated heterocycles. The highest BCUT2D eigenvalue weighted by Gasteiger charge is 2.06. The Kier molecular flexibility index (Phi) is 9.10. The summed E-state index contributed by atoms with van der Waals surface area (Å²) >= 11 is 0. The lowest BCUT2D eigenvalue weighted by atomic mass is 10.2. The van der Waals surface area contributed by atoms with Gasteiger partial charge in [0, 0.05) is 33.9 Å². The quantitative estimate of drug-likeness (QED) is 0.312. The lowest BCUT2D eigenvalue weighted by Gasteiger charge is -2.14. The monoisotopic (exact) mass is 319 g/mol. The van der Waals surface area contributed by atoms with Crippen LogP contribution in [0.4, 0.5) is 0 Å². The molecule has 1 aromatic carbocycles. The van der Waals surface area contributed by atoms with Crippen molar-refractivity contribution in [1.29, 1.82) is 0 Å². The third-order valence-corrected chi connectivity index (χ3v) is 3.04. The van der Waals surface area contributed by atoms with Crippen LogP contribution in [0.5, 0.6) is 11.5 Å². The number of benzene rings is 1. The van der Waals surface area contributed by atoms with Gasteiger partial charge in [-0.1, -0.05) is 12.0 Å². The van der Waals surface area contributed by atoms with E-state index in [1.807, 2.05) is 18.2 Å². The normalized spacial score (nSPS) is 10.8. The van der Waals surface area contributed by atoms with E-state index in [0.717, 1.165) is 31.1 Å². The number of aliphatic imine (C=N–C) groups is 1. The molecule has 6 heteroatoms. The molecule has 1 rings (SSSR count). The van der Waals surface area contributed by atoms with Gasteiger partial charge in [-0.3, -0.25) is 4.99 Å². The maximum absolute atomic E-state index is 5.49. The second-order valence-corrected chi connectivity index (χ2v) is 4.68. The number of guanidine groups is 1. The third kappa shape index (κ3) is 6.94. The summed E-state index contributed by atoms with van der Waals surface area (Å²) in [7, 11) is 5.03. The summed E-state index contributed by atoms with van der Waals surface area (Å²) in [5, 5.41) is 6.47. The number of nitrogens with zero attached hydrogens (tertiary/aromatic N) is 1. The first kappa shape index (κ1) is 18.7. The SMILES string of the molecule is C#CCOc1cc(CNC(=NC)NCCCOC)ccc1OC. The van der Waals surface area contributed by atoms with Crippen molar-refractivity contribution in [2.45, 2.75) is 13.0 Å². The highest BCUT2D eigenvalue weighted by molar-refractivity contribution is 5.79. The summed E-state index contributed by atoms with van der Waals surface area (Å²) in [6, 6.07) is 5.73. The Morgan fingerprint density at radius 3 is 2.74 bits per heavy atom. The van der Waals surface area contributed by atoms with Crippen molar-refractivity contribution in [3.63, 3.8) is 0 Å². The molecule has 0 unspecified atom stereocenters. The average molecular weight is 319 g/mol. The first-order chi connectivity index (χ1) is 11.2. The second-order valence-electron chi connectivity index (χ2n) is 4.68. The van der Waals surface area contributed by atoms with Crippen LogP contribution in [-0.4, -0.2) is 47.0 Å². The van der Waals surface area contributed by atoms with Crippen molar-refractivity contribution in [2.75, 3.05) is 41.0 Å². The maximum atomic E-state index is 5.49. The number of terminal acetylenes is 1. The van der Waals surface area contributed by atoms with E-state index >= 15 is 0 Å². The highest BCUT2D eigenvalue weighted by Crippen LogP contribution is 2.27. The van der Waals surface area contributed by atoms with Gasteiger partial charge in [0.05, 0.1) is 7.11 Å². The molecule has 2 N–H and O–H groups in total. The second kappa shape index (κ2) is 11.2. The molecule has 23 heavy (non-hydrogen) atoms. The van der Waals surface area contributed by atoms with Crippen molar-refractivity contribution in [1.82, 2.24) is 10.6 Å². The standard InChI is InChI=1S/C17H25N3O3/c1-5-10-23-16-12-14(7-8-15(16)22-4)13-20-17(18-2)19-9-6-11-21-3/h1,7-8,12H,6,9-11,13H2,2-4H3,(H2,18,19,20). The Labute approximate surface area is 138 Å². The topological polar surface area (TPSA) is 64.1 Å². The van der Waals surface area contributed by atoms with Crippen molar-refractivity contribution < 1.29 is 14.2 Å². The van der Waals surface area contributed by atoms with Crippen molar-refractivity contribution in [3.05, 3.63) is 23.8 Å². The van der Waals surface area contributed by atoms with Gasteiger partial charge in [0.25, 0.3) is 0 Å². The van der Waals surface area contributed by atoms with Crippen LogP contribution in [-0.2, 0) is 11.3 Å². The van der Waals surface area contributed by atoms with Crippen LogP contribution in [0, 0.1) is 12.3 Å². The fraction of sp³-hybridized carbons (Fsp3) is 0.471. The highest BCUT2D eigenvalue weighted by atomic mass is 16.5. The first-order valence-electron chi connectivity index (χ1n) is 7.41. The third-order valence-electron chi connectivity index (χ3n) is 3.04. The summed E-state index contributed by atoms with van der Waals surface area (Å²) in [5.41, 5.74) is 1.04. The molecule has 0 atom stereocenters. The number of rotatable bonds is 9. The van der Waals surface area contributed by atoms with E-state index in [9.17, 15) is 0 Å². The number of methoxy groups -OCH3 is 2. The summed E-state index contributed by atoms with van der Waals surface area (Å²) in [6.07, 6.45) is 6.15. The van der Waals surface area contributed by atoms with Crippen LogP contribution >= 0.6 is 0 Å². The van der Waals surface area contributed by atoms with Crippen LogP contribution in [0.25, 0.3) is 0 Å². The number of hydrogen-bond acceptors (Lipinski definition) is 4. The lowest BCUT2D eigenvalue weighted by molar-refractivity contribution is 0.195. The maximum Gasteiger partial charge on any atom is 0.191 e. The van der Waals surface area contributed by atoms with E-state index in [1.165, 1.54) is 0 Å². The van der Waals surface area contributed by atoms with Gasteiger partial charge in [0.15, 0.2) is 17.5 Å². The van der Waals surface area contributed by atoms with Gasteiger partial charge < -0.3 is 24.8 Å². The lowest BCUT2D eigenvalue weighted by Crippen LogP contribution is -2.37. The van der Waals surface area contributed by atoms with E-state index in [-0.39, 0.29) is 6.61 Å². The van der Waals surface area contributed by atoms with Crippen molar-refractivity contribution >= 4 is 5.96 Å².